The number of carbonyl (C=O) groups is 1. The fourth-order valence-electron chi connectivity index (χ4n) is 1.56. The van der Waals surface area contributed by atoms with Crippen LogP contribution in [0.25, 0.3) is 0 Å². The first-order chi connectivity index (χ1) is 8.61. The molecule has 1 rings (SSSR count). The molecule has 0 spiro atoms. The molecule has 0 aliphatic rings. The summed E-state index contributed by atoms with van der Waals surface area (Å²) in [7, 11) is 0. The average Bonchev–Trinajstić information content (AvgIpc) is 2.80. The smallest absolute Gasteiger partial charge is 0.303 e. The second-order valence-corrected chi connectivity index (χ2v) is 4.45. The summed E-state index contributed by atoms with van der Waals surface area (Å²) in [4.78, 5) is 10.4. The summed E-state index contributed by atoms with van der Waals surface area (Å²) in [6.45, 7) is 5.42. The lowest BCUT2D eigenvalue weighted by Gasteiger charge is -2.09. The molecule has 0 radical (unpaired) electrons. The predicted octanol–water partition coefficient (Wildman–Crippen LogP) is 1.61. The first kappa shape index (κ1) is 14.6. The Morgan fingerprint density at radius 2 is 2.11 bits per heavy atom. The van der Waals surface area contributed by atoms with Gasteiger partial charge in [0.2, 0.25) is 11.8 Å². The molecule has 1 heterocycles. The molecule has 1 aromatic rings. The van der Waals surface area contributed by atoms with Crippen LogP contribution in [0.4, 0.5) is 0 Å². The van der Waals surface area contributed by atoms with E-state index in [0.29, 0.717) is 24.2 Å². The highest BCUT2D eigenvalue weighted by Crippen LogP contribution is 2.09. The number of hydrogen-bond acceptors (Lipinski definition) is 5. The van der Waals surface area contributed by atoms with Crippen LogP contribution in [0, 0.1) is 5.92 Å². The van der Waals surface area contributed by atoms with Crippen molar-refractivity contribution in [3.8, 4) is 0 Å². The molecule has 6 heteroatoms. The second-order valence-electron chi connectivity index (χ2n) is 4.45. The van der Waals surface area contributed by atoms with Gasteiger partial charge in [-0.3, -0.25) is 4.79 Å². The van der Waals surface area contributed by atoms with E-state index in [4.69, 9.17) is 9.52 Å². The Hall–Kier alpha value is -1.43. The van der Waals surface area contributed by atoms with Crippen LogP contribution in [0.2, 0.25) is 0 Å². The van der Waals surface area contributed by atoms with E-state index in [1.54, 1.807) is 0 Å². The van der Waals surface area contributed by atoms with Crippen LogP contribution in [0.15, 0.2) is 4.42 Å². The molecule has 0 saturated carbocycles. The summed E-state index contributed by atoms with van der Waals surface area (Å²) in [5.74, 6) is 0.932. The van der Waals surface area contributed by atoms with Crippen molar-refractivity contribution in [2.45, 2.75) is 46.1 Å². The maximum atomic E-state index is 10.4. The SMILES string of the molecule is CCc1nnc(CNCCC(C)CCC(=O)O)o1. The highest BCUT2D eigenvalue weighted by atomic mass is 16.4. The Morgan fingerprint density at radius 1 is 1.39 bits per heavy atom. The zero-order valence-electron chi connectivity index (χ0n) is 11.0. The lowest BCUT2D eigenvalue weighted by atomic mass is 10.0. The van der Waals surface area contributed by atoms with Gasteiger partial charge in [0.25, 0.3) is 0 Å². The molecule has 102 valence electrons. The normalized spacial score (nSPS) is 12.6. The molecule has 2 N–H and O–H groups in total. The number of carboxylic acid groups (broad SMARTS) is 1. The van der Waals surface area contributed by atoms with E-state index in [2.05, 4.69) is 22.4 Å². The van der Waals surface area contributed by atoms with Gasteiger partial charge in [-0.15, -0.1) is 10.2 Å². The van der Waals surface area contributed by atoms with E-state index >= 15 is 0 Å². The van der Waals surface area contributed by atoms with Crippen molar-refractivity contribution in [2.24, 2.45) is 5.92 Å². The van der Waals surface area contributed by atoms with Gasteiger partial charge in [0.15, 0.2) is 0 Å². The van der Waals surface area contributed by atoms with E-state index in [9.17, 15) is 4.79 Å². The van der Waals surface area contributed by atoms with Crippen LogP contribution in [-0.2, 0) is 17.8 Å². The zero-order valence-corrected chi connectivity index (χ0v) is 11.0. The summed E-state index contributed by atoms with van der Waals surface area (Å²) in [6, 6.07) is 0. The minimum absolute atomic E-state index is 0.241. The van der Waals surface area contributed by atoms with Gasteiger partial charge < -0.3 is 14.8 Å². The van der Waals surface area contributed by atoms with E-state index in [0.717, 1.165) is 25.8 Å². The Labute approximate surface area is 107 Å². The standard InChI is InChI=1S/C12H21N3O3/c1-3-10-14-15-11(18-10)8-13-7-6-9(2)4-5-12(16)17/h9,13H,3-8H2,1-2H3,(H,16,17). The number of carboxylic acids is 1. The highest BCUT2D eigenvalue weighted by molar-refractivity contribution is 5.66. The number of aliphatic carboxylic acids is 1. The third-order valence-corrected chi connectivity index (χ3v) is 2.75. The van der Waals surface area contributed by atoms with E-state index < -0.39 is 5.97 Å². The highest BCUT2D eigenvalue weighted by Gasteiger charge is 2.06. The molecule has 0 bridgehead atoms. The maximum Gasteiger partial charge on any atom is 0.303 e. The van der Waals surface area contributed by atoms with Crippen molar-refractivity contribution in [1.29, 1.82) is 0 Å². The second kappa shape index (κ2) is 7.81. The van der Waals surface area contributed by atoms with Gasteiger partial charge in [0.05, 0.1) is 6.54 Å². The minimum atomic E-state index is -0.729. The minimum Gasteiger partial charge on any atom is -0.481 e. The zero-order chi connectivity index (χ0) is 13.4. The van der Waals surface area contributed by atoms with Crippen LogP contribution in [0.5, 0.6) is 0 Å². The predicted molar refractivity (Wildman–Crippen MR) is 66.0 cm³/mol. The molecular formula is C12H21N3O3. The average molecular weight is 255 g/mol. The van der Waals surface area contributed by atoms with Crippen molar-refractivity contribution in [3.63, 3.8) is 0 Å². The monoisotopic (exact) mass is 255 g/mol. The molecule has 0 aliphatic heterocycles. The fraction of sp³-hybridized carbons (Fsp3) is 0.750. The first-order valence-electron chi connectivity index (χ1n) is 6.35. The Morgan fingerprint density at radius 3 is 2.72 bits per heavy atom. The summed E-state index contributed by atoms with van der Waals surface area (Å²) >= 11 is 0. The lowest BCUT2D eigenvalue weighted by Crippen LogP contribution is -2.17. The van der Waals surface area contributed by atoms with Gasteiger partial charge >= 0.3 is 5.97 Å². The largest absolute Gasteiger partial charge is 0.481 e. The van der Waals surface area contributed by atoms with Gasteiger partial charge in [-0.05, 0) is 25.3 Å². The number of hydrogen-bond donors (Lipinski definition) is 2. The molecule has 0 saturated heterocycles. The third-order valence-electron chi connectivity index (χ3n) is 2.75. The van der Waals surface area contributed by atoms with Crippen LogP contribution in [0.1, 0.15) is 44.9 Å². The number of aryl methyl sites for hydroxylation is 1. The third kappa shape index (κ3) is 5.77. The maximum absolute atomic E-state index is 10.4. The molecule has 1 aromatic heterocycles. The van der Waals surface area contributed by atoms with Crippen LogP contribution in [-0.4, -0.2) is 27.8 Å². The number of aromatic nitrogens is 2. The Kier molecular flexibility index (Phi) is 6.35. The Balaban J connectivity index is 2.09. The molecule has 0 aliphatic carbocycles. The first-order valence-corrected chi connectivity index (χ1v) is 6.35. The molecule has 1 atom stereocenters. The summed E-state index contributed by atoms with van der Waals surface area (Å²) in [5, 5.41) is 19.6. The van der Waals surface area contributed by atoms with Gasteiger partial charge in [0, 0.05) is 12.8 Å². The molecule has 18 heavy (non-hydrogen) atoms. The van der Waals surface area contributed by atoms with Crippen molar-refractivity contribution < 1.29 is 14.3 Å². The molecule has 0 aromatic carbocycles. The molecule has 6 nitrogen and oxygen atoms in total. The van der Waals surface area contributed by atoms with Gasteiger partial charge in [-0.25, -0.2) is 0 Å². The van der Waals surface area contributed by atoms with Gasteiger partial charge in [-0.1, -0.05) is 13.8 Å². The van der Waals surface area contributed by atoms with Crippen molar-refractivity contribution in [2.75, 3.05) is 6.54 Å². The van der Waals surface area contributed by atoms with E-state index in [1.165, 1.54) is 0 Å². The van der Waals surface area contributed by atoms with Crippen molar-refractivity contribution >= 4 is 5.97 Å². The molecule has 0 amide bonds. The number of nitrogens with one attached hydrogen (secondary N) is 1. The van der Waals surface area contributed by atoms with Crippen LogP contribution in [0.3, 0.4) is 0 Å². The summed E-state index contributed by atoms with van der Waals surface area (Å²) in [6.07, 6.45) is 2.66. The van der Waals surface area contributed by atoms with E-state index in [1.807, 2.05) is 6.92 Å². The summed E-state index contributed by atoms with van der Waals surface area (Å²) < 4.78 is 5.36. The quantitative estimate of drug-likeness (QED) is 0.652. The summed E-state index contributed by atoms with van der Waals surface area (Å²) in [5.41, 5.74) is 0. The van der Waals surface area contributed by atoms with Crippen molar-refractivity contribution in [1.82, 2.24) is 15.5 Å². The molecule has 0 fully saturated rings. The fourth-order valence-corrected chi connectivity index (χ4v) is 1.56. The van der Waals surface area contributed by atoms with Crippen molar-refractivity contribution in [3.05, 3.63) is 11.8 Å². The van der Waals surface area contributed by atoms with Gasteiger partial charge in [0.1, 0.15) is 0 Å². The number of rotatable bonds is 9. The van der Waals surface area contributed by atoms with Crippen LogP contribution < -0.4 is 5.32 Å². The van der Waals surface area contributed by atoms with Crippen LogP contribution >= 0.6 is 0 Å². The lowest BCUT2D eigenvalue weighted by molar-refractivity contribution is -0.137. The molecular weight excluding hydrogens is 234 g/mol. The Bertz CT molecular complexity index is 365. The van der Waals surface area contributed by atoms with Gasteiger partial charge in [-0.2, -0.15) is 0 Å². The number of nitrogens with zero attached hydrogens (tertiary/aromatic N) is 2. The topological polar surface area (TPSA) is 88.2 Å². The molecule has 1 unspecified atom stereocenters. The van der Waals surface area contributed by atoms with E-state index in [-0.39, 0.29) is 6.42 Å².